The Bertz CT molecular complexity index is 487. The maximum atomic E-state index is 12.6. The van der Waals surface area contributed by atoms with Crippen LogP contribution < -0.4 is 10.6 Å². The molecule has 7 nitrogen and oxygen atoms in total. The monoisotopic (exact) mass is 382 g/mol. The third kappa shape index (κ3) is 11.9. The standard InChI is InChI=1S/C20H34N2O5/c1-5-9-12-16(22-20(25)27-14-8-4)18(23)21-17(13-10-6-2)19(24)26-15-11-7-3/h4,16-17H,5-7,9-15H2,1-3H3,(H,21,23)(H,22,25). The minimum Gasteiger partial charge on any atom is -0.464 e. The van der Waals surface area contributed by atoms with Crippen molar-refractivity contribution < 1.29 is 23.9 Å². The van der Waals surface area contributed by atoms with Gasteiger partial charge in [0.05, 0.1) is 6.61 Å². The van der Waals surface area contributed by atoms with Crippen molar-refractivity contribution in [2.45, 2.75) is 84.2 Å². The summed E-state index contributed by atoms with van der Waals surface area (Å²) in [4.78, 5) is 36.7. The van der Waals surface area contributed by atoms with Gasteiger partial charge in [0, 0.05) is 0 Å². The van der Waals surface area contributed by atoms with Crippen LogP contribution in [-0.2, 0) is 19.1 Å². The lowest BCUT2D eigenvalue weighted by Gasteiger charge is -2.22. The van der Waals surface area contributed by atoms with E-state index in [0.717, 1.165) is 38.5 Å². The Morgan fingerprint density at radius 1 is 0.889 bits per heavy atom. The highest BCUT2D eigenvalue weighted by atomic mass is 16.5. The van der Waals surface area contributed by atoms with E-state index in [-0.39, 0.29) is 6.61 Å². The van der Waals surface area contributed by atoms with Gasteiger partial charge in [-0.15, -0.1) is 6.42 Å². The predicted molar refractivity (Wildman–Crippen MR) is 104 cm³/mol. The van der Waals surface area contributed by atoms with Gasteiger partial charge in [0.2, 0.25) is 5.91 Å². The smallest absolute Gasteiger partial charge is 0.408 e. The Hall–Kier alpha value is -2.23. The van der Waals surface area contributed by atoms with Gasteiger partial charge in [-0.25, -0.2) is 9.59 Å². The van der Waals surface area contributed by atoms with Gasteiger partial charge >= 0.3 is 12.1 Å². The van der Waals surface area contributed by atoms with Crippen LogP contribution in [0.2, 0.25) is 0 Å². The van der Waals surface area contributed by atoms with Gasteiger partial charge in [0.1, 0.15) is 12.1 Å². The van der Waals surface area contributed by atoms with E-state index in [1.165, 1.54) is 0 Å². The molecule has 0 aromatic heterocycles. The normalized spacial score (nSPS) is 12.4. The quantitative estimate of drug-likeness (QED) is 0.274. The van der Waals surface area contributed by atoms with Crippen LogP contribution in [0.4, 0.5) is 4.79 Å². The van der Waals surface area contributed by atoms with E-state index in [9.17, 15) is 14.4 Å². The number of carbonyl (C=O) groups is 3. The Kier molecular flexibility index (Phi) is 14.7. The summed E-state index contributed by atoms with van der Waals surface area (Å²) in [6.07, 6.45) is 10.2. The van der Waals surface area contributed by atoms with Crippen LogP contribution in [0.3, 0.4) is 0 Å². The van der Waals surface area contributed by atoms with E-state index in [4.69, 9.17) is 15.9 Å². The average molecular weight is 383 g/mol. The number of unbranched alkanes of at least 4 members (excludes halogenated alkanes) is 3. The molecule has 0 bridgehead atoms. The van der Waals surface area contributed by atoms with Gasteiger partial charge in [0.15, 0.2) is 6.61 Å². The SMILES string of the molecule is C#CCOC(=O)NC(CCCC)C(=O)NC(CCCC)C(=O)OCCCC. The maximum Gasteiger partial charge on any atom is 0.408 e. The summed E-state index contributed by atoms with van der Waals surface area (Å²) in [7, 11) is 0. The predicted octanol–water partition coefficient (Wildman–Crippen LogP) is 2.92. The van der Waals surface area contributed by atoms with E-state index < -0.39 is 30.1 Å². The second kappa shape index (κ2) is 16.0. The molecule has 0 radical (unpaired) electrons. The minimum atomic E-state index is -0.789. The molecule has 0 rings (SSSR count). The molecule has 0 aliphatic carbocycles. The van der Waals surface area contributed by atoms with Crippen molar-refractivity contribution in [2.24, 2.45) is 0 Å². The third-order valence-corrected chi connectivity index (χ3v) is 3.93. The molecule has 0 spiro atoms. The molecule has 154 valence electrons. The van der Waals surface area contributed by atoms with Crippen molar-refractivity contribution in [3.63, 3.8) is 0 Å². The lowest BCUT2D eigenvalue weighted by atomic mass is 10.1. The number of hydrogen-bond acceptors (Lipinski definition) is 5. The first-order valence-electron chi connectivity index (χ1n) is 9.83. The maximum absolute atomic E-state index is 12.6. The Labute approximate surface area is 162 Å². The van der Waals surface area contributed by atoms with Gasteiger partial charge in [-0.2, -0.15) is 0 Å². The molecule has 2 atom stereocenters. The minimum absolute atomic E-state index is 0.170. The van der Waals surface area contributed by atoms with E-state index >= 15 is 0 Å². The van der Waals surface area contributed by atoms with Gasteiger partial charge in [0.25, 0.3) is 0 Å². The number of carbonyl (C=O) groups excluding carboxylic acids is 3. The summed E-state index contributed by atoms with van der Waals surface area (Å²) in [5.74, 6) is 1.34. The lowest BCUT2D eigenvalue weighted by Crippen LogP contribution is -2.52. The zero-order chi connectivity index (χ0) is 20.5. The topological polar surface area (TPSA) is 93.7 Å². The van der Waals surface area contributed by atoms with Crippen LogP contribution in [0.5, 0.6) is 0 Å². The number of rotatable bonds is 14. The summed E-state index contributed by atoms with van der Waals surface area (Å²) >= 11 is 0. The number of amides is 2. The molecule has 27 heavy (non-hydrogen) atoms. The second-order valence-electron chi connectivity index (χ2n) is 6.34. The number of ether oxygens (including phenoxy) is 2. The Morgan fingerprint density at radius 3 is 2.04 bits per heavy atom. The fourth-order valence-electron chi connectivity index (χ4n) is 2.32. The van der Waals surface area contributed by atoms with Gasteiger partial charge in [-0.3, -0.25) is 4.79 Å². The van der Waals surface area contributed by atoms with Crippen molar-refractivity contribution in [3.05, 3.63) is 0 Å². The summed E-state index contributed by atoms with van der Waals surface area (Å²) in [6.45, 7) is 6.17. The van der Waals surface area contributed by atoms with Crippen LogP contribution in [0.25, 0.3) is 0 Å². The number of hydrogen-bond donors (Lipinski definition) is 2. The number of alkyl carbamates (subject to hydrolysis) is 1. The van der Waals surface area contributed by atoms with Crippen molar-refractivity contribution in [1.29, 1.82) is 0 Å². The average Bonchev–Trinajstić information content (AvgIpc) is 2.66. The highest BCUT2D eigenvalue weighted by molar-refractivity contribution is 5.89. The largest absolute Gasteiger partial charge is 0.464 e. The molecule has 0 aromatic carbocycles. The van der Waals surface area contributed by atoms with Crippen molar-refractivity contribution in [2.75, 3.05) is 13.2 Å². The first-order valence-corrected chi connectivity index (χ1v) is 9.83. The summed E-state index contributed by atoms with van der Waals surface area (Å²) in [5.41, 5.74) is 0. The van der Waals surface area contributed by atoms with Crippen LogP contribution in [0.1, 0.15) is 72.1 Å². The van der Waals surface area contributed by atoms with E-state index in [0.29, 0.717) is 19.4 Å². The summed E-state index contributed by atoms with van der Waals surface area (Å²) < 4.78 is 10.0. The van der Waals surface area contributed by atoms with Crippen LogP contribution in [0, 0.1) is 12.3 Å². The molecule has 0 heterocycles. The second-order valence-corrected chi connectivity index (χ2v) is 6.34. The van der Waals surface area contributed by atoms with Gasteiger partial charge in [-0.05, 0) is 19.3 Å². The van der Waals surface area contributed by atoms with Crippen molar-refractivity contribution in [1.82, 2.24) is 10.6 Å². The van der Waals surface area contributed by atoms with Crippen molar-refractivity contribution in [3.8, 4) is 12.3 Å². The molecule has 7 heteroatoms. The van der Waals surface area contributed by atoms with Crippen LogP contribution in [-0.4, -0.2) is 43.3 Å². The molecule has 2 amide bonds. The highest BCUT2D eigenvalue weighted by Crippen LogP contribution is 2.07. The van der Waals surface area contributed by atoms with E-state index in [2.05, 4.69) is 16.6 Å². The van der Waals surface area contributed by atoms with E-state index in [1.54, 1.807) is 0 Å². The highest BCUT2D eigenvalue weighted by Gasteiger charge is 2.27. The zero-order valence-corrected chi connectivity index (χ0v) is 16.8. The first kappa shape index (κ1) is 24.8. The zero-order valence-electron chi connectivity index (χ0n) is 16.8. The molecule has 0 saturated carbocycles. The number of esters is 1. The molecule has 0 saturated heterocycles. The lowest BCUT2D eigenvalue weighted by molar-refractivity contribution is -0.148. The summed E-state index contributed by atoms with van der Waals surface area (Å²) in [5, 5.41) is 5.24. The van der Waals surface area contributed by atoms with Crippen molar-refractivity contribution >= 4 is 18.0 Å². The number of terminal acetylenes is 1. The molecule has 0 aliphatic heterocycles. The summed E-state index contributed by atoms with van der Waals surface area (Å²) in [6, 6.07) is -1.51. The van der Waals surface area contributed by atoms with Gasteiger partial charge in [-0.1, -0.05) is 58.8 Å². The molecule has 2 N–H and O–H groups in total. The Morgan fingerprint density at radius 2 is 1.48 bits per heavy atom. The van der Waals surface area contributed by atoms with Crippen LogP contribution >= 0.6 is 0 Å². The molecular weight excluding hydrogens is 348 g/mol. The Balaban J connectivity index is 4.91. The van der Waals surface area contributed by atoms with Gasteiger partial charge < -0.3 is 20.1 Å². The van der Waals surface area contributed by atoms with E-state index in [1.807, 2.05) is 20.8 Å². The molecular formula is C20H34N2O5. The van der Waals surface area contributed by atoms with Crippen LogP contribution in [0.15, 0.2) is 0 Å². The first-order chi connectivity index (χ1) is 13.0. The number of nitrogens with one attached hydrogen (secondary N) is 2. The molecule has 0 aliphatic rings. The third-order valence-electron chi connectivity index (χ3n) is 3.93. The molecule has 2 unspecified atom stereocenters. The fourth-order valence-corrected chi connectivity index (χ4v) is 2.32. The fraction of sp³-hybridized carbons (Fsp3) is 0.750. The molecule has 0 fully saturated rings. The molecule has 0 aromatic rings.